The van der Waals surface area contributed by atoms with E-state index in [-0.39, 0.29) is 115 Å². The first-order valence-electron chi connectivity index (χ1n) is 16.4. The Hall–Kier alpha value is -4.47. The van der Waals surface area contributed by atoms with E-state index in [2.05, 4.69) is 35.6 Å². The van der Waals surface area contributed by atoms with Gasteiger partial charge in [-0.25, -0.2) is 27.7 Å². The third-order valence-corrected chi connectivity index (χ3v) is 10.3. The number of nitrogens with one attached hydrogen (secondary N) is 2. The molecule has 0 unspecified atom stereocenters. The molecule has 0 saturated heterocycles. The van der Waals surface area contributed by atoms with Gasteiger partial charge < -0.3 is 10.2 Å². The van der Waals surface area contributed by atoms with Crippen molar-refractivity contribution in [3.05, 3.63) is 125 Å². The third kappa shape index (κ3) is 9.79. The number of H-pyrrole nitrogens is 2. The SMILES string of the molecule is Cc1[nH]n(-c2ccccc2)c(=O)c1N=Nc1c(O)cc(S(=O)(=O)O)c2ccccc12.Cc1[nH]n2c(nc3ccccc32)c1N=Nc1cc(S(N)(=O)=O)ccc1O.[Cr].[Na+].[Na+]. The monoisotopic (exact) mass is 892 g/mol. The van der Waals surface area contributed by atoms with Crippen LogP contribution in [0.2, 0.25) is 0 Å². The molecule has 0 bridgehead atoms. The van der Waals surface area contributed by atoms with Crippen LogP contribution in [0.5, 0.6) is 11.5 Å². The van der Waals surface area contributed by atoms with E-state index in [0.29, 0.717) is 22.7 Å². The maximum atomic E-state index is 12.7. The molecular formula is C36H30CrN10Na2O8S2+2. The van der Waals surface area contributed by atoms with Gasteiger partial charge in [0.1, 0.15) is 27.8 Å². The predicted molar refractivity (Wildman–Crippen MR) is 206 cm³/mol. The molecule has 3 aromatic heterocycles. The van der Waals surface area contributed by atoms with Crippen LogP contribution in [0.3, 0.4) is 0 Å². The molecule has 5 aromatic carbocycles. The van der Waals surface area contributed by atoms with E-state index in [4.69, 9.17) is 5.14 Å². The van der Waals surface area contributed by atoms with Crippen molar-refractivity contribution >= 4 is 70.3 Å². The van der Waals surface area contributed by atoms with Crippen molar-refractivity contribution < 1.29 is 108 Å². The van der Waals surface area contributed by atoms with E-state index < -0.39 is 36.3 Å². The molecule has 0 atom stereocenters. The number of benzene rings is 5. The first-order chi connectivity index (χ1) is 26.6. The number of aromatic amines is 2. The minimum atomic E-state index is -4.57. The van der Waals surface area contributed by atoms with Gasteiger partial charge in [0.25, 0.3) is 15.7 Å². The molecule has 0 aliphatic carbocycles. The van der Waals surface area contributed by atoms with Gasteiger partial charge in [0, 0.05) is 34.2 Å². The number of sulfonamides is 1. The quantitative estimate of drug-likeness (QED) is 0.0752. The van der Waals surface area contributed by atoms with Crippen LogP contribution >= 0.6 is 0 Å². The second-order valence-electron chi connectivity index (χ2n) is 12.3. The van der Waals surface area contributed by atoms with Gasteiger partial charge in [-0.3, -0.25) is 19.5 Å². The Bertz CT molecular complexity index is 3190. The number of phenols is 2. The fourth-order valence-corrected chi connectivity index (χ4v) is 7.07. The molecule has 59 heavy (non-hydrogen) atoms. The fraction of sp³-hybridized carbons (Fsp3) is 0.0556. The molecule has 3 heterocycles. The molecule has 0 saturated carbocycles. The normalized spacial score (nSPS) is 11.7. The first-order valence-corrected chi connectivity index (χ1v) is 19.3. The molecule has 8 aromatic rings. The van der Waals surface area contributed by atoms with Crippen molar-refractivity contribution in [2.75, 3.05) is 0 Å². The summed E-state index contributed by atoms with van der Waals surface area (Å²) in [5, 5.41) is 48.0. The Morgan fingerprint density at radius 2 is 1.29 bits per heavy atom. The summed E-state index contributed by atoms with van der Waals surface area (Å²) in [5.74, 6) is -0.708. The molecule has 0 aliphatic heterocycles. The van der Waals surface area contributed by atoms with Gasteiger partial charge in [-0.1, -0.05) is 54.6 Å². The van der Waals surface area contributed by atoms with Crippen molar-refractivity contribution in [2.45, 2.75) is 23.6 Å². The zero-order valence-corrected chi connectivity index (χ0v) is 38.5. The van der Waals surface area contributed by atoms with Gasteiger partial charge >= 0.3 is 59.1 Å². The number of aryl methyl sites for hydroxylation is 2. The van der Waals surface area contributed by atoms with Crippen LogP contribution in [0.1, 0.15) is 11.4 Å². The molecule has 7 N–H and O–H groups in total. The molecule has 290 valence electrons. The van der Waals surface area contributed by atoms with Crippen LogP contribution in [0.4, 0.5) is 22.7 Å². The maximum absolute atomic E-state index is 12.7. The largest absolute Gasteiger partial charge is 1.00 e. The summed E-state index contributed by atoms with van der Waals surface area (Å²) in [5.41, 5.74) is 4.15. The second kappa shape index (κ2) is 18.8. The number of fused-ring (bicyclic) bond motifs is 4. The zero-order valence-electron chi connectivity index (χ0n) is 31.6. The van der Waals surface area contributed by atoms with Crippen LogP contribution in [0, 0.1) is 13.8 Å². The van der Waals surface area contributed by atoms with Gasteiger partial charge in [-0.15, -0.1) is 20.5 Å². The number of hydrogen-bond donors (Lipinski definition) is 6. The predicted octanol–water partition coefficient (Wildman–Crippen LogP) is 0.893. The van der Waals surface area contributed by atoms with E-state index in [1.807, 2.05) is 37.3 Å². The summed E-state index contributed by atoms with van der Waals surface area (Å²) in [6.45, 7) is 3.48. The summed E-state index contributed by atoms with van der Waals surface area (Å²) in [4.78, 5) is 16.7. The summed E-state index contributed by atoms with van der Waals surface area (Å²) in [6, 6.07) is 27.2. The minimum Gasteiger partial charge on any atom is -0.506 e. The average Bonchev–Trinajstić information content (AvgIpc) is 3.77. The molecule has 23 heteroatoms. The number of phenolic OH excluding ortho intramolecular Hbond substituents is 2. The number of nitrogens with two attached hydrogens (primary N) is 1. The van der Waals surface area contributed by atoms with Gasteiger partial charge in [0.05, 0.1) is 33.0 Å². The van der Waals surface area contributed by atoms with E-state index >= 15 is 0 Å². The number of imidazole rings is 1. The molecule has 0 fully saturated rings. The van der Waals surface area contributed by atoms with Crippen molar-refractivity contribution in [3.8, 4) is 17.2 Å². The van der Waals surface area contributed by atoms with Crippen LogP contribution in [-0.2, 0) is 37.5 Å². The minimum absolute atomic E-state index is 0. The smallest absolute Gasteiger partial charge is 0.506 e. The fourth-order valence-electron chi connectivity index (χ4n) is 5.82. The zero-order chi connectivity index (χ0) is 39.9. The second-order valence-corrected chi connectivity index (χ2v) is 15.2. The van der Waals surface area contributed by atoms with Gasteiger partial charge in [-0.2, -0.15) is 8.42 Å². The van der Waals surface area contributed by atoms with Crippen molar-refractivity contribution in [1.29, 1.82) is 0 Å². The number of hydrogen-bond acceptors (Lipinski definition) is 12. The number of aromatic nitrogens is 5. The third-order valence-electron chi connectivity index (χ3n) is 8.48. The Kier molecular flexibility index (Phi) is 15.1. The van der Waals surface area contributed by atoms with Crippen molar-refractivity contribution in [2.24, 2.45) is 25.6 Å². The standard InChI is InChI=1S/C20H16N4O5S.C16H14N6O3S.Cr.2Na/c1-12-18(20(26)24(23-12)13-7-3-2-4-8-13)21-22-19-15-10-6-5-9-14(15)17(11-16(19)25)30(27,28)29;1-9-15(16-18-11-4-2-3-5-13(11)22(16)21-9)20-19-12-8-10(26(17,24)25)6-7-14(12)23;;;/h2-11,23,25H,1H3,(H,27,28,29);2-8,21,23H,1H3,(H2,17,24,25);;;/q;;;2*+1. The number of aromatic hydroxyl groups is 2. The summed E-state index contributed by atoms with van der Waals surface area (Å²) < 4.78 is 58.8. The average molecular weight is 893 g/mol. The maximum Gasteiger partial charge on any atom is 1.00 e. The topological polar surface area (TPSA) is 275 Å². The molecule has 0 amide bonds. The Morgan fingerprint density at radius 1 is 0.695 bits per heavy atom. The van der Waals surface area contributed by atoms with E-state index in [1.165, 1.54) is 28.9 Å². The summed E-state index contributed by atoms with van der Waals surface area (Å²) >= 11 is 0. The number of rotatable bonds is 7. The molecular weight excluding hydrogens is 863 g/mol. The van der Waals surface area contributed by atoms with Crippen molar-refractivity contribution in [1.82, 2.24) is 24.4 Å². The van der Waals surface area contributed by atoms with Gasteiger partial charge in [-0.05, 0) is 56.3 Å². The van der Waals surface area contributed by atoms with E-state index in [9.17, 15) is 36.4 Å². The molecule has 0 aliphatic rings. The van der Waals surface area contributed by atoms with Crippen LogP contribution in [-0.4, -0.2) is 56.0 Å². The molecule has 0 radical (unpaired) electrons. The molecule has 8 rings (SSSR count). The Balaban J connectivity index is 0.000000250. The molecule has 18 nitrogen and oxygen atoms in total. The van der Waals surface area contributed by atoms with E-state index in [0.717, 1.165) is 28.9 Å². The number of primary sulfonamides is 1. The van der Waals surface area contributed by atoms with Crippen molar-refractivity contribution in [3.63, 3.8) is 0 Å². The van der Waals surface area contributed by atoms with Gasteiger partial charge in [0.15, 0.2) is 17.0 Å². The van der Waals surface area contributed by atoms with Crippen LogP contribution in [0.25, 0.3) is 33.1 Å². The van der Waals surface area contributed by atoms with Crippen LogP contribution < -0.4 is 69.8 Å². The number of para-hydroxylation sites is 3. The number of azo groups is 2. The summed E-state index contributed by atoms with van der Waals surface area (Å²) in [7, 11) is -8.48. The first kappa shape index (κ1) is 47.2. The Morgan fingerprint density at radius 3 is 1.97 bits per heavy atom. The van der Waals surface area contributed by atoms with Gasteiger partial charge in [0.2, 0.25) is 10.0 Å². The van der Waals surface area contributed by atoms with Crippen LogP contribution in [0.15, 0.2) is 138 Å². The summed E-state index contributed by atoms with van der Waals surface area (Å²) in [6.07, 6.45) is 0. The van der Waals surface area contributed by atoms with E-state index in [1.54, 1.807) is 47.8 Å². The molecule has 0 spiro atoms. The Labute approximate surface area is 390 Å². The number of nitrogens with zero attached hydrogens (tertiary/aromatic N) is 7.